The van der Waals surface area contributed by atoms with Gasteiger partial charge in [0.2, 0.25) is 5.91 Å². The molecule has 1 fully saturated rings. The lowest BCUT2D eigenvalue weighted by atomic mass is 10.0. The van der Waals surface area contributed by atoms with E-state index in [0.717, 1.165) is 27.8 Å². The lowest BCUT2D eigenvalue weighted by Gasteiger charge is -2.10. The van der Waals surface area contributed by atoms with Crippen LogP contribution in [0.2, 0.25) is 0 Å². The number of nitrogens with two attached hydrogens (primary N) is 1. The minimum absolute atomic E-state index is 0.0630. The van der Waals surface area contributed by atoms with E-state index in [2.05, 4.69) is 6.07 Å². The SMILES string of the molecule is NC(=O)c1cc(F)c(OCc2csc3cccc(C4CC4)c23)c(F)c1. The van der Waals surface area contributed by atoms with E-state index in [1.165, 1.54) is 18.4 Å². The van der Waals surface area contributed by atoms with E-state index >= 15 is 0 Å². The number of benzene rings is 2. The van der Waals surface area contributed by atoms with Crippen LogP contribution in [0.1, 0.15) is 40.2 Å². The van der Waals surface area contributed by atoms with Crippen LogP contribution in [-0.2, 0) is 6.61 Å². The van der Waals surface area contributed by atoms with Crippen molar-refractivity contribution in [2.45, 2.75) is 25.4 Å². The monoisotopic (exact) mass is 359 g/mol. The maximum Gasteiger partial charge on any atom is 0.248 e. The van der Waals surface area contributed by atoms with Crippen molar-refractivity contribution in [3.8, 4) is 5.75 Å². The normalized spacial score (nSPS) is 14.0. The number of primary amides is 1. The molecule has 1 heterocycles. The Balaban J connectivity index is 1.64. The van der Waals surface area contributed by atoms with Crippen LogP contribution in [0.4, 0.5) is 8.78 Å². The molecule has 2 N–H and O–H groups in total. The van der Waals surface area contributed by atoms with Crippen molar-refractivity contribution in [1.82, 2.24) is 0 Å². The summed E-state index contributed by atoms with van der Waals surface area (Å²) in [5, 5.41) is 3.09. The highest BCUT2D eigenvalue weighted by atomic mass is 32.1. The maximum atomic E-state index is 14.1. The molecule has 1 aromatic heterocycles. The second kappa shape index (κ2) is 6.11. The van der Waals surface area contributed by atoms with Crippen LogP contribution in [0.3, 0.4) is 0 Å². The molecular weight excluding hydrogens is 344 g/mol. The third-order valence-corrected chi connectivity index (χ3v) is 5.38. The van der Waals surface area contributed by atoms with Crippen molar-refractivity contribution in [3.05, 3.63) is 64.0 Å². The summed E-state index contributed by atoms with van der Waals surface area (Å²) < 4.78 is 34.7. The van der Waals surface area contributed by atoms with Gasteiger partial charge in [-0.1, -0.05) is 12.1 Å². The third kappa shape index (κ3) is 2.98. The molecule has 1 saturated carbocycles. The van der Waals surface area contributed by atoms with Crippen molar-refractivity contribution in [2.24, 2.45) is 5.73 Å². The van der Waals surface area contributed by atoms with E-state index in [-0.39, 0.29) is 12.2 Å². The summed E-state index contributed by atoms with van der Waals surface area (Å²) in [6.07, 6.45) is 2.35. The molecule has 4 rings (SSSR count). The fraction of sp³-hybridized carbons (Fsp3) is 0.211. The molecule has 0 radical (unpaired) electrons. The highest BCUT2D eigenvalue weighted by Gasteiger charge is 2.26. The number of hydrogen-bond acceptors (Lipinski definition) is 3. The number of thiophene rings is 1. The van der Waals surface area contributed by atoms with Gasteiger partial charge in [0, 0.05) is 21.2 Å². The van der Waals surface area contributed by atoms with Gasteiger partial charge in [-0.2, -0.15) is 0 Å². The van der Waals surface area contributed by atoms with Gasteiger partial charge >= 0.3 is 0 Å². The summed E-state index contributed by atoms with van der Waals surface area (Å²) in [7, 11) is 0. The maximum absolute atomic E-state index is 14.1. The van der Waals surface area contributed by atoms with E-state index in [1.54, 1.807) is 11.3 Å². The Morgan fingerprint density at radius 1 is 1.24 bits per heavy atom. The predicted octanol–water partition coefficient (Wildman–Crippen LogP) is 4.73. The van der Waals surface area contributed by atoms with Crippen molar-refractivity contribution in [2.75, 3.05) is 0 Å². The van der Waals surface area contributed by atoms with Crippen molar-refractivity contribution in [3.63, 3.8) is 0 Å². The fourth-order valence-electron chi connectivity index (χ4n) is 3.01. The number of carbonyl (C=O) groups is 1. The Morgan fingerprint density at radius 2 is 1.96 bits per heavy atom. The summed E-state index contributed by atoms with van der Waals surface area (Å²) in [5.74, 6) is -2.68. The average molecular weight is 359 g/mol. The molecule has 1 aliphatic carbocycles. The van der Waals surface area contributed by atoms with E-state index in [4.69, 9.17) is 10.5 Å². The second-order valence-corrected chi connectivity index (χ2v) is 7.09. The van der Waals surface area contributed by atoms with E-state index < -0.39 is 23.3 Å². The highest BCUT2D eigenvalue weighted by molar-refractivity contribution is 7.17. The zero-order chi connectivity index (χ0) is 17.6. The van der Waals surface area contributed by atoms with Gasteiger partial charge in [-0.25, -0.2) is 8.78 Å². The Hall–Kier alpha value is -2.47. The van der Waals surface area contributed by atoms with Gasteiger partial charge in [0.1, 0.15) is 6.61 Å². The number of carbonyl (C=O) groups excluding carboxylic acids is 1. The molecule has 0 saturated heterocycles. The standard InChI is InChI=1S/C19H15F2NO2S/c20-14-6-11(19(22)23)7-15(21)18(14)24-8-12-9-25-16-3-1-2-13(17(12)16)10-4-5-10/h1-3,6-7,9-10H,4-5,8H2,(H2,22,23). The fourth-order valence-corrected chi connectivity index (χ4v) is 3.99. The van der Waals surface area contributed by atoms with E-state index in [0.29, 0.717) is 5.92 Å². The summed E-state index contributed by atoms with van der Waals surface area (Å²) in [6.45, 7) is 0.0630. The highest BCUT2D eigenvalue weighted by Crippen LogP contribution is 2.45. The molecule has 3 nitrogen and oxygen atoms in total. The average Bonchev–Trinajstić information content (AvgIpc) is 3.34. The molecule has 6 heteroatoms. The van der Waals surface area contributed by atoms with Crippen molar-refractivity contribution >= 4 is 27.3 Å². The lowest BCUT2D eigenvalue weighted by molar-refractivity contribution is 0.0999. The van der Waals surface area contributed by atoms with E-state index in [9.17, 15) is 13.6 Å². The first kappa shape index (κ1) is 16.0. The minimum Gasteiger partial charge on any atom is -0.483 e. The van der Waals surface area contributed by atoms with Crippen LogP contribution in [-0.4, -0.2) is 5.91 Å². The first-order valence-electron chi connectivity index (χ1n) is 7.95. The first-order valence-corrected chi connectivity index (χ1v) is 8.83. The van der Waals surface area contributed by atoms with Gasteiger partial charge in [-0.05, 0) is 47.9 Å². The molecule has 3 aromatic rings. The molecule has 1 aliphatic rings. The molecule has 128 valence electrons. The largest absolute Gasteiger partial charge is 0.483 e. The molecule has 25 heavy (non-hydrogen) atoms. The molecule has 0 bridgehead atoms. The van der Waals surface area contributed by atoms with Crippen molar-refractivity contribution < 1.29 is 18.3 Å². The van der Waals surface area contributed by atoms with Crippen LogP contribution in [0.25, 0.3) is 10.1 Å². The Kier molecular flexibility index (Phi) is 3.92. The number of amides is 1. The second-order valence-electron chi connectivity index (χ2n) is 6.18. The molecule has 1 amide bonds. The van der Waals surface area contributed by atoms with Gasteiger partial charge in [0.25, 0.3) is 0 Å². The van der Waals surface area contributed by atoms with Gasteiger partial charge in [-0.15, -0.1) is 11.3 Å². The molecule has 2 aromatic carbocycles. The van der Waals surface area contributed by atoms with Crippen LogP contribution >= 0.6 is 11.3 Å². The number of rotatable bonds is 5. The van der Waals surface area contributed by atoms with Gasteiger partial charge < -0.3 is 10.5 Å². The zero-order valence-electron chi connectivity index (χ0n) is 13.2. The molecule has 0 atom stereocenters. The summed E-state index contributed by atoms with van der Waals surface area (Å²) >= 11 is 1.59. The van der Waals surface area contributed by atoms with Crippen LogP contribution in [0, 0.1) is 11.6 Å². The Morgan fingerprint density at radius 3 is 2.60 bits per heavy atom. The number of hydrogen-bond donors (Lipinski definition) is 1. The summed E-state index contributed by atoms with van der Waals surface area (Å²) in [5.41, 5.74) is 7.03. The number of halogens is 2. The lowest BCUT2D eigenvalue weighted by Crippen LogP contribution is -2.12. The molecule has 0 spiro atoms. The number of ether oxygens (including phenoxy) is 1. The van der Waals surface area contributed by atoms with Gasteiger partial charge in [-0.3, -0.25) is 4.79 Å². The first-order chi connectivity index (χ1) is 12.0. The minimum atomic E-state index is -0.934. The molecule has 0 aliphatic heterocycles. The van der Waals surface area contributed by atoms with E-state index in [1.807, 2.05) is 17.5 Å². The van der Waals surface area contributed by atoms with Gasteiger partial charge in [0.05, 0.1) is 0 Å². The molecule has 0 unspecified atom stereocenters. The van der Waals surface area contributed by atoms with Gasteiger partial charge in [0.15, 0.2) is 17.4 Å². The zero-order valence-corrected chi connectivity index (χ0v) is 14.0. The topological polar surface area (TPSA) is 52.3 Å². The van der Waals surface area contributed by atoms with Crippen molar-refractivity contribution in [1.29, 1.82) is 0 Å². The van der Waals surface area contributed by atoms with Crippen LogP contribution in [0.15, 0.2) is 35.7 Å². The predicted molar refractivity (Wildman–Crippen MR) is 93.0 cm³/mol. The third-order valence-electron chi connectivity index (χ3n) is 4.38. The number of fused-ring (bicyclic) bond motifs is 1. The Bertz CT molecular complexity index is 956. The quantitative estimate of drug-likeness (QED) is 0.716. The van der Waals surface area contributed by atoms with Crippen LogP contribution < -0.4 is 10.5 Å². The Labute approximate surface area is 147 Å². The van der Waals surface area contributed by atoms with Crippen LogP contribution in [0.5, 0.6) is 5.75 Å². The smallest absolute Gasteiger partial charge is 0.248 e. The summed E-state index contributed by atoms with van der Waals surface area (Å²) in [4.78, 5) is 11.1. The molecular formula is C19H15F2NO2S. The summed E-state index contributed by atoms with van der Waals surface area (Å²) in [6, 6.07) is 7.97.